The molecule has 2 aromatic heterocycles. The molecule has 6 unspecified atom stereocenters. The summed E-state index contributed by atoms with van der Waals surface area (Å²) in [5.74, 6) is 5.04. The van der Waals surface area contributed by atoms with Gasteiger partial charge in [0.05, 0.1) is 30.1 Å². The molecule has 15 heteroatoms. The average Bonchev–Trinajstić information content (AvgIpc) is 4.04. The summed E-state index contributed by atoms with van der Waals surface area (Å²) in [6, 6.07) is 39.0. The second-order valence-corrected chi connectivity index (χ2v) is 17.0. The van der Waals surface area contributed by atoms with Crippen molar-refractivity contribution < 1.29 is 29.0 Å². The molecule has 3 fully saturated rings. The predicted octanol–water partition coefficient (Wildman–Crippen LogP) is 5.26. The van der Waals surface area contributed by atoms with Crippen molar-refractivity contribution in [3.63, 3.8) is 0 Å². The highest BCUT2D eigenvalue weighted by molar-refractivity contribution is 6.12. The van der Waals surface area contributed by atoms with Crippen LogP contribution in [0.4, 0.5) is 11.6 Å². The maximum Gasteiger partial charge on any atom is 0.324 e. The van der Waals surface area contributed by atoms with E-state index in [-0.39, 0.29) is 25.7 Å². The number of fused-ring (bicyclic) bond motifs is 4. The molecule has 0 aliphatic carbocycles. The van der Waals surface area contributed by atoms with Gasteiger partial charge in [0.1, 0.15) is 42.0 Å². The number of carbonyl (C=O) groups excluding carboxylic acids is 3. The van der Waals surface area contributed by atoms with Crippen molar-refractivity contribution in [2.24, 2.45) is 5.92 Å². The molecule has 5 aromatic carbocycles. The van der Waals surface area contributed by atoms with Crippen molar-refractivity contribution >= 4 is 40.5 Å². The number of aliphatic hydroxyl groups excluding tert-OH is 1. The Balaban J connectivity index is 1.10. The number of piperazine rings is 1. The monoisotopic (exact) mass is 891 g/mol. The molecular formula is C52H45N9O6. The number of amides is 2. The molecule has 0 saturated carbocycles. The van der Waals surface area contributed by atoms with Crippen molar-refractivity contribution in [1.29, 1.82) is 0 Å². The fourth-order valence-electron chi connectivity index (χ4n) is 10.6. The SMILES string of the molecule is O=C1OC(c2ccccc2)C(c2ccccc2)N2C1C(C(=O)N1CCN(c3ncccn3)CC1)C1(C(=O)Nc3ccc(C#CCn4nnc5ccccc54)cc31)C2c1ccc(OCCO)cc1. The molecule has 0 bridgehead atoms. The molecule has 334 valence electrons. The van der Waals surface area contributed by atoms with E-state index in [2.05, 4.69) is 42.3 Å². The molecule has 4 aliphatic heterocycles. The van der Waals surface area contributed by atoms with E-state index in [9.17, 15) is 5.11 Å². The Bertz CT molecular complexity index is 3030. The predicted molar refractivity (Wildman–Crippen MR) is 247 cm³/mol. The van der Waals surface area contributed by atoms with E-state index in [1.54, 1.807) is 40.2 Å². The zero-order valence-corrected chi connectivity index (χ0v) is 36.3. The highest BCUT2D eigenvalue weighted by atomic mass is 16.6. The summed E-state index contributed by atoms with van der Waals surface area (Å²) in [5.41, 5.74) is 3.92. The van der Waals surface area contributed by atoms with Crippen molar-refractivity contribution in [3.05, 3.63) is 174 Å². The van der Waals surface area contributed by atoms with E-state index in [0.717, 1.165) is 22.2 Å². The van der Waals surface area contributed by atoms with Gasteiger partial charge in [-0.1, -0.05) is 102 Å². The maximum absolute atomic E-state index is 16.0. The van der Waals surface area contributed by atoms with Gasteiger partial charge in [0.15, 0.2) is 0 Å². The number of anilines is 2. The number of nitrogens with zero attached hydrogens (tertiary/aromatic N) is 8. The highest BCUT2D eigenvalue weighted by Crippen LogP contribution is 2.65. The molecule has 6 heterocycles. The van der Waals surface area contributed by atoms with Crippen LogP contribution in [0.15, 0.2) is 146 Å². The Morgan fingerprint density at radius 2 is 1.52 bits per heavy atom. The van der Waals surface area contributed by atoms with Crippen LogP contribution in [0.5, 0.6) is 5.75 Å². The van der Waals surface area contributed by atoms with Crippen LogP contribution in [0.25, 0.3) is 11.0 Å². The van der Waals surface area contributed by atoms with E-state index >= 15 is 14.4 Å². The number of nitrogens with one attached hydrogen (secondary N) is 1. The van der Waals surface area contributed by atoms with Crippen LogP contribution in [-0.4, -0.2) is 103 Å². The first kappa shape index (κ1) is 41.8. The Kier molecular flexibility index (Phi) is 10.9. The highest BCUT2D eigenvalue weighted by Gasteiger charge is 2.74. The van der Waals surface area contributed by atoms with Gasteiger partial charge in [-0.25, -0.2) is 14.6 Å². The number of hydrogen-bond acceptors (Lipinski definition) is 12. The molecule has 11 rings (SSSR count). The first-order valence-corrected chi connectivity index (χ1v) is 22.4. The number of hydrogen-bond donors (Lipinski definition) is 2. The Labute approximate surface area is 386 Å². The van der Waals surface area contributed by atoms with Crippen LogP contribution in [0.1, 0.15) is 46.0 Å². The fourth-order valence-corrected chi connectivity index (χ4v) is 10.6. The normalized spacial score (nSPS) is 23.3. The van der Waals surface area contributed by atoms with E-state index < -0.39 is 47.4 Å². The van der Waals surface area contributed by atoms with Crippen LogP contribution in [0.3, 0.4) is 0 Å². The van der Waals surface area contributed by atoms with E-state index in [1.807, 2.05) is 120 Å². The molecule has 0 radical (unpaired) electrons. The summed E-state index contributed by atoms with van der Waals surface area (Å²) in [6.45, 7) is 1.68. The second kappa shape index (κ2) is 17.5. The minimum atomic E-state index is -1.69. The number of rotatable bonds is 9. The topological polar surface area (TPSA) is 168 Å². The lowest BCUT2D eigenvalue weighted by Crippen LogP contribution is -2.58. The number of ether oxygens (including phenoxy) is 2. The third-order valence-corrected chi connectivity index (χ3v) is 13.4. The van der Waals surface area contributed by atoms with Gasteiger partial charge < -0.3 is 29.7 Å². The summed E-state index contributed by atoms with van der Waals surface area (Å²) in [5, 5.41) is 21.4. The molecule has 6 atom stereocenters. The van der Waals surface area contributed by atoms with Crippen LogP contribution in [0.2, 0.25) is 0 Å². The van der Waals surface area contributed by atoms with Gasteiger partial charge in [-0.3, -0.25) is 19.3 Å². The molecule has 1 spiro atoms. The van der Waals surface area contributed by atoms with Crippen molar-refractivity contribution in [2.75, 3.05) is 49.6 Å². The standard InChI is InChI=1S/C52H45N9O6/c62-31-32-66-38-21-19-37(20-22-38)47-52(39-33-34(18-23-40(39)55-50(52)65)11-9-26-60-42-17-8-7-16-41(42)56-57-60)43(48(63)58-27-29-59(30-28-58)51-53-24-10-25-54-51)45-49(64)67-46(36-14-5-2-6-15-36)44(61(45)47)35-12-3-1-4-13-35/h1-8,10,12-25,33,43-47,62H,26-32H2,(H,55,65). The second-order valence-electron chi connectivity index (χ2n) is 17.0. The lowest BCUT2D eigenvalue weighted by atomic mass is 9.65. The van der Waals surface area contributed by atoms with Crippen molar-refractivity contribution in [2.45, 2.75) is 36.2 Å². The van der Waals surface area contributed by atoms with Gasteiger partial charge in [0.25, 0.3) is 0 Å². The van der Waals surface area contributed by atoms with Gasteiger partial charge in [-0.05, 0) is 70.8 Å². The number of carbonyl (C=O) groups is 3. The lowest BCUT2D eigenvalue weighted by molar-refractivity contribution is -0.179. The summed E-state index contributed by atoms with van der Waals surface area (Å²) >= 11 is 0. The zero-order valence-electron chi connectivity index (χ0n) is 36.3. The Hall–Kier alpha value is -7.93. The quantitative estimate of drug-likeness (QED) is 0.143. The van der Waals surface area contributed by atoms with Crippen LogP contribution in [-0.2, 0) is 31.1 Å². The molecule has 4 aliphatic rings. The van der Waals surface area contributed by atoms with E-state index in [4.69, 9.17) is 9.47 Å². The average molecular weight is 892 g/mol. The first-order valence-electron chi connectivity index (χ1n) is 22.4. The summed E-state index contributed by atoms with van der Waals surface area (Å²) in [4.78, 5) is 61.8. The largest absolute Gasteiger partial charge is 0.491 e. The van der Waals surface area contributed by atoms with Crippen molar-refractivity contribution in [3.8, 4) is 17.6 Å². The number of cyclic esters (lactones) is 1. The Morgan fingerprint density at radius 1 is 0.806 bits per heavy atom. The van der Waals surface area contributed by atoms with Gasteiger partial charge >= 0.3 is 5.97 Å². The van der Waals surface area contributed by atoms with Crippen LogP contribution < -0.4 is 15.0 Å². The summed E-state index contributed by atoms with van der Waals surface area (Å²) in [6.07, 6.45) is 2.57. The third-order valence-electron chi connectivity index (χ3n) is 13.4. The van der Waals surface area contributed by atoms with Gasteiger partial charge in [0, 0.05) is 49.8 Å². The molecular weight excluding hydrogens is 847 g/mol. The zero-order chi connectivity index (χ0) is 45.5. The molecule has 2 amide bonds. The van der Waals surface area contributed by atoms with Gasteiger partial charge in [-0.2, -0.15) is 0 Å². The van der Waals surface area contributed by atoms with Gasteiger partial charge in [0.2, 0.25) is 17.8 Å². The summed E-state index contributed by atoms with van der Waals surface area (Å²) in [7, 11) is 0. The number of para-hydroxylation sites is 1. The first-order chi connectivity index (χ1) is 32.9. The van der Waals surface area contributed by atoms with Gasteiger partial charge in [-0.15, -0.1) is 5.10 Å². The van der Waals surface area contributed by atoms with E-state index in [1.165, 1.54) is 0 Å². The maximum atomic E-state index is 16.0. The molecule has 15 nitrogen and oxygen atoms in total. The third kappa shape index (κ3) is 7.22. The number of morpholine rings is 1. The summed E-state index contributed by atoms with van der Waals surface area (Å²) < 4.78 is 14.2. The number of aliphatic hydroxyl groups is 1. The Morgan fingerprint density at radius 3 is 2.27 bits per heavy atom. The molecule has 3 saturated heterocycles. The fraction of sp³-hybridized carbons (Fsp3) is 0.250. The van der Waals surface area contributed by atoms with E-state index in [0.29, 0.717) is 60.3 Å². The number of aromatic nitrogens is 5. The van der Waals surface area contributed by atoms with Crippen LogP contribution in [0, 0.1) is 17.8 Å². The molecule has 67 heavy (non-hydrogen) atoms. The minimum Gasteiger partial charge on any atom is -0.491 e. The van der Waals surface area contributed by atoms with Crippen molar-refractivity contribution in [1.82, 2.24) is 34.8 Å². The minimum absolute atomic E-state index is 0.0918. The smallest absolute Gasteiger partial charge is 0.324 e. The number of benzene rings is 5. The number of esters is 1. The van der Waals surface area contributed by atoms with Crippen LogP contribution >= 0.6 is 0 Å². The molecule has 7 aromatic rings. The molecule has 2 N–H and O–H groups in total. The lowest BCUT2D eigenvalue weighted by Gasteiger charge is -2.46.